The lowest BCUT2D eigenvalue weighted by molar-refractivity contribution is -0.119. The Morgan fingerprint density at radius 3 is 1.27 bits per heavy atom. The van der Waals surface area contributed by atoms with E-state index in [-0.39, 0.29) is 12.8 Å². The molecule has 22 heavy (non-hydrogen) atoms. The second-order valence-electron chi connectivity index (χ2n) is 5.65. The van der Waals surface area contributed by atoms with Gasteiger partial charge in [0, 0.05) is 65.5 Å². The van der Waals surface area contributed by atoms with E-state index in [1.165, 1.54) is 0 Å². The molecule has 2 unspecified atom stereocenters. The number of hydrogen-bond donors (Lipinski definition) is 4. The number of amides is 2. The predicted molar refractivity (Wildman–Crippen MR) is 87.1 cm³/mol. The van der Waals surface area contributed by atoms with Gasteiger partial charge in [0.25, 0.3) is 0 Å². The van der Waals surface area contributed by atoms with Crippen LogP contribution < -0.4 is 22.9 Å². The molecule has 0 aliphatic heterocycles. The summed E-state index contributed by atoms with van der Waals surface area (Å²) in [5.41, 5.74) is 23.9. The molecule has 0 heterocycles. The van der Waals surface area contributed by atoms with Crippen LogP contribution in [0.2, 0.25) is 0 Å². The van der Waals surface area contributed by atoms with Crippen molar-refractivity contribution in [3.63, 3.8) is 0 Å². The third-order valence-corrected chi connectivity index (χ3v) is 2.77. The second-order valence-corrected chi connectivity index (χ2v) is 5.65. The van der Waals surface area contributed by atoms with Crippen LogP contribution in [-0.2, 0) is 9.59 Å². The van der Waals surface area contributed by atoms with Crippen LogP contribution in [0.4, 0.5) is 0 Å². The summed E-state index contributed by atoms with van der Waals surface area (Å²) in [5.74, 6) is -1.02. The minimum Gasteiger partial charge on any atom is -0.383 e. The zero-order valence-corrected chi connectivity index (χ0v) is 13.7. The normalized spacial score (nSPS) is 15.2. The highest BCUT2D eigenvalue weighted by atomic mass is 16.1. The van der Waals surface area contributed by atoms with Gasteiger partial charge in [-0.25, -0.2) is 0 Å². The Morgan fingerprint density at radius 1 is 0.818 bits per heavy atom. The highest BCUT2D eigenvalue weighted by Crippen LogP contribution is 2.21. The third kappa shape index (κ3) is 7.65. The monoisotopic (exact) mass is 312 g/mol. The molecular weight excluding hydrogens is 284 g/mol. The van der Waals surface area contributed by atoms with Gasteiger partial charge in [0.2, 0.25) is 11.8 Å². The molecule has 8 heteroatoms. The van der Waals surface area contributed by atoms with Crippen molar-refractivity contribution in [3.8, 4) is 0 Å². The second kappa shape index (κ2) is 9.06. The average Bonchev–Trinajstić information content (AvgIpc) is 2.30. The van der Waals surface area contributed by atoms with Crippen LogP contribution >= 0.6 is 0 Å². The van der Waals surface area contributed by atoms with Gasteiger partial charge in [0.05, 0.1) is 0 Å². The highest BCUT2D eigenvalue weighted by Gasteiger charge is 2.23. The van der Waals surface area contributed by atoms with E-state index in [4.69, 9.17) is 22.9 Å². The first-order valence-electron chi connectivity index (χ1n) is 6.89. The van der Waals surface area contributed by atoms with Crippen molar-refractivity contribution in [3.05, 3.63) is 23.5 Å². The van der Waals surface area contributed by atoms with E-state index in [1.54, 1.807) is 22.2 Å². The zero-order valence-electron chi connectivity index (χ0n) is 13.7. The number of nitrogens with two attached hydrogens (primary N) is 4. The first-order chi connectivity index (χ1) is 10.0. The van der Waals surface area contributed by atoms with Crippen LogP contribution in [-0.4, -0.2) is 61.9 Å². The quantitative estimate of drug-likeness (QED) is 0.373. The lowest BCUT2D eigenvalue weighted by atomic mass is 9.91. The van der Waals surface area contributed by atoms with E-state index in [0.717, 1.165) is 0 Å². The lowest BCUT2D eigenvalue weighted by Gasteiger charge is -2.25. The van der Waals surface area contributed by atoms with Crippen LogP contribution in [0.3, 0.4) is 0 Å². The van der Waals surface area contributed by atoms with Gasteiger partial charge in [-0.15, -0.1) is 0 Å². The Labute approximate surface area is 131 Å². The Kier molecular flexibility index (Phi) is 8.21. The summed E-state index contributed by atoms with van der Waals surface area (Å²) in [7, 11) is 7.29. The standard InChI is InChI=1S/C14H28N6O2/c1-19(2)7-9(11(15)5-13(17)21)10(8-20(3)4)12(16)6-14(18)22/h7-8,11-12H,5-6,15-16H2,1-4H3,(H2,17,21)(H2,18,22)/b9-7-,10-8-. The van der Waals surface area contributed by atoms with Gasteiger partial charge in [-0.05, 0) is 11.1 Å². The summed E-state index contributed by atoms with van der Waals surface area (Å²) in [6.07, 6.45) is 3.50. The molecule has 0 aliphatic rings. The number of primary amides is 2. The minimum absolute atomic E-state index is 0.0201. The summed E-state index contributed by atoms with van der Waals surface area (Å²) in [6, 6.07) is -1.24. The van der Waals surface area contributed by atoms with Crippen molar-refractivity contribution in [2.45, 2.75) is 24.9 Å². The molecule has 0 aromatic heterocycles. The van der Waals surface area contributed by atoms with Gasteiger partial charge in [-0.1, -0.05) is 0 Å². The molecular formula is C14H28N6O2. The van der Waals surface area contributed by atoms with Crippen LogP contribution in [0.5, 0.6) is 0 Å². The van der Waals surface area contributed by atoms with Crippen molar-refractivity contribution in [1.29, 1.82) is 0 Å². The molecule has 0 radical (unpaired) electrons. The van der Waals surface area contributed by atoms with Crippen molar-refractivity contribution < 1.29 is 9.59 Å². The maximum Gasteiger partial charge on any atom is 0.219 e. The van der Waals surface area contributed by atoms with Crippen molar-refractivity contribution in [2.24, 2.45) is 22.9 Å². The molecule has 0 aliphatic carbocycles. The molecule has 0 fully saturated rings. The van der Waals surface area contributed by atoms with Crippen molar-refractivity contribution >= 4 is 11.8 Å². The largest absolute Gasteiger partial charge is 0.383 e. The Balaban J connectivity index is 5.75. The lowest BCUT2D eigenvalue weighted by Crippen LogP contribution is -2.37. The molecule has 0 rings (SSSR count). The third-order valence-electron chi connectivity index (χ3n) is 2.77. The molecule has 0 spiro atoms. The van der Waals surface area contributed by atoms with E-state index in [2.05, 4.69) is 0 Å². The van der Waals surface area contributed by atoms with Gasteiger partial charge in [0.15, 0.2) is 0 Å². The fraction of sp³-hybridized carbons (Fsp3) is 0.571. The van der Waals surface area contributed by atoms with Gasteiger partial charge in [-0.3, -0.25) is 9.59 Å². The Morgan fingerprint density at radius 2 is 1.09 bits per heavy atom. The number of carbonyl (C=O) groups is 2. The Bertz CT molecular complexity index is 414. The molecule has 8 N–H and O–H groups in total. The summed E-state index contributed by atoms with van der Waals surface area (Å²) in [6.45, 7) is 0. The first-order valence-corrected chi connectivity index (χ1v) is 6.89. The molecule has 0 saturated heterocycles. The van der Waals surface area contributed by atoms with E-state index < -0.39 is 23.9 Å². The fourth-order valence-electron chi connectivity index (χ4n) is 1.98. The van der Waals surface area contributed by atoms with Crippen LogP contribution in [0, 0.1) is 0 Å². The molecule has 0 aromatic carbocycles. The predicted octanol–water partition coefficient (Wildman–Crippen LogP) is -1.72. The average molecular weight is 312 g/mol. The van der Waals surface area contributed by atoms with E-state index in [9.17, 15) is 9.59 Å². The number of hydrogen-bond acceptors (Lipinski definition) is 6. The van der Waals surface area contributed by atoms with Crippen molar-refractivity contribution in [2.75, 3.05) is 28.2 Å². The number of nitrogens with zero attached hydrogens (tertiary/aromatic N) is 2. The van der Waals surface area contributed by atoms with Crippen LogP contribution in [0.1, 0.15) is 12.8 Å². The molecule has 0 saturated carbocycles. The summed E-state index contributed by atoms with van der Waals surface area (Å²) < 4.78 is 0. The maximum atomic E-state index is 11.2. The van der Waals surface area contributed by atoms with E-state index in [0.29, 0.717) is 11.1 Å². The molecule has 2 amide bonds. The van der Waals surface area contributed by atoms with Gasteiger partial charge < -0.3 is 32.7 Å². The smallest absolute Gasteiger partial charge is 0.219 e. The van der Waals surface area contributed by atoms with E-state index in [1.807, 2.05) is 28.2 Å². The topological polar surface area (TPSA) is 145 Å². The minimum atomic E-state index is -0.620. The summed E-state index contributed by atoms with van der Waals surface area (Å²) in [4.78, 5) is 25.9. The Hall–Kier alpha value is -2.06. The van der Waals surface area contributed by atoms with Crippen LogP contribution in [0.25, 0.3) is 0 Å². The van der Waals surface area contributed by atoms with Crippen LogP contribution in [0.15, 0.2) is 23.5 Å². The molecule has 8 nitrogen and oxygen atoms in total. The maximum absolute atomic E-state index is 11.2. The van der Waals surface area contributed by atoms with Gasteiger partial charge in [-0.2, -0.15) is 0 Å². The molecule has 0 bridgehead atoms. The number of rotatable bonds is 9. The first kappa shape index (κ1) is 19.9. The summed E-state index contributed by atoms with van der Waals surface area (Å²) >= 11 is 0. The number of carbonyl (C=O) groups excluding carboxylic acids is 2. The molecule has 126 valence electrons. The highest BCUT2D eigenvalue weighted by molar-refractivity contribution is 5.76. The van der Waals surface area contributed by atoms with Gasteiger partial charge in [0.1, 0.15) is 0 Å². The molecule has 2 atom stereocenters. The van der Waals surface area contributed by atoms with Crippen molar-refractivity contribution in [1.82, 2.24) is 9.80 Å². The summed E-state index contributed by atoms with van der Waals surface area (Å²) in [5, 5.41) is 0. The fourth-order valence-corrected chi connectivity index (χ4v) is 1.98. The van der Waals surface area contributed by atoms with E-state index >= 15 is 0 Å². The van der Waals surface area contributed by atoms with Gasteiger partial charge >= 0.3 is 0 Å². The SMILES string of the molecule is CN(C)/C=C(/C(=C/N(C)C)C(N)CC(N)=O)C(N)CC(N)=O. The zero-order chi connectivity index (χ0) is 17.4. The molecule has 0 aromatic rings.